The molecule has 106 valence electrons. The van der Waals surface area contributed by atoms with Crippen molar-refractivity contribution in [3.63, 3.8) is 0 Å². The Morgan fingerprint density at radius 1 is 1.33 bits per heavy atom. The number of fused-ring (bicyclic) bond motifs is 1. The molecular weight excluding hydrogens is 286 g/mol. The van der Waals surface area contributed by atoms with Crippen LogP contribution in [0.15, 0.2) is 30.3 Å². The highest BCUT2D eigenvalue weighted by Gasteiger charge is 2.24. The van der Waals surface area contributed by atoms with Gasteiger partial charge in [-0.1, -0.05) is 41.9 Å². The number of halogens is 1. The molecule has 5 heteroatoms. The first-order valence-corrected chi connectivity index (χ1v) is 7.13. The highest BCUT2D eigenvalue weighted by Crippen LogP contribution is 2.32. The van der Waals surface area contributed by atoms with Crippen LogP contribution < -0.4 is 0 Å². The summed E-state index contributed by atoms with van der Waals surface area (Å²) in [7, 11) is 0. The standard InChI is InChI=1S/C16H14ClN3O/c17-15-12-6-7-20(9-11-4-2-1-3-5-11)10-14(12)19-16(21)13(15)8-18/h1-5H,6-7,9-10H2,(H,19,21). The number of benzene rings is 1. The van der Waals surface area contributed by atoms with Crippen molar-refractivity contribution in [3.05, 3.63) is 57.7 Å². The van der Waals surface area contributed by atoms with Crippen molar-refractivity contribution in [2.75, 3.05) is 6.54 Å². The molecule has 1 N–H and O–H groups in total. The molecule has 0 amide bonds. The van der Waals surface area contributed by atoms with E-state index in [0.29, 0.717) is 11.6 Å². The summed E-state index contributed by atoms with van der Waals surface area (Å²) in [4.78, 5) is 6.40. The van der Waals surface area contributed by atoms with Gasteiger partial charge in [0.2, 0.25) is 5.88 Å². The van der Waals surface area contributed by atoms with Gasteiger partial charge in [0.15, 0.2) is 0 Å². The van der Waals surface area contributed by atoms with Crippen molar-refractivity contribution >= 4 is 11.6 Å². The van der Waals surface area contributed by atoms with Crippen LogP contribution in [0.3, 0.4) is 0 Å². The highest BCUT2D eigenvalue weighted by molar-refractivity contribution is 6.32. The van der Waals surface area contributed by atoms with Gasteiger partial charge in [-0.2, -0.15) is 5.26 Å². The first-order valence-electron chi connectivity index (χ1n) is 6.75. The average molecular weight is 300 g/mol. The number of nitriles is 1. The largest absolute Gasteiger partial charge is 0.492 e. The van der Waals surface area contributed by atoms with Crippen LogP contribution in [0, 0.1) is 11.3 Å². The minimum atomic E-state index is -0.275. The molecule has 0 atom stereocenters. The SMILES string of the molecule is N#Cc1c(O)nc2c(c1Cl)CCN(Cc1ccccc1)C2. The molecule has 4 nitrogen and oxygen atoms in total. The molecule has 3 rings (SSSR count). The Morgan fingerprint density at radius 2 is 2.10 bits per heavy atom. The normalized spacial score (nSPS) is 14.5. The molecule has 1 aliphatic heterocycles. The van der Waals surface area contributed by atoms with Gasteiger partial charge in [-0.05, 0) is 17.5 Å². The molecule has 21 heavy (non-hydrogen) atoms. The van der Waals surface area contributed by atoms with Crippen LogP contribution >= 0.6 is 11.6 Å². The van der Waals surface area contributed by atoms with Crippen LogP contribution in [0.4, 0.5) is 0 Å². The second kappa shape index (κ2) is 5.72. The molecule has 1 aliphatic rings. The monoisotopic (exact) mass is 299 g/mol. The summed E-state index contributed by atoms with van der Waals surface area (Å²) in [6.45, 7) is 2.32. The van der Waals surface area contributed by atoms with E-state index in [1.165, 1.54) is 5.56 Å². The van der Waals surface area contributed by atoms with Gasteiger partial charge in [-0.25, -0.2) is 4.98 Å². The topological polar surface area (TPSA) is 60.1 Å². The number of aromatic nitrogens is 1. The zero-order valence-corrected chi connectivity index (χ0v) is 12.1. The van der Waals surface area contributed by atoms with E-state index in [2.05, 4.69) is 22.0 Å². The first-order chi connectivity index (χ1) is 10.2. The molecule has 0 spiro atoms. The Labute approximate surface area is 128 Å². The maximum Gasteiger partial charge on any atom is 0.231 e. The van der Waals surface area contributed by atoms with Gasteiger partial charge in [0, 0.05) is 19.6 Å². The molecule has 1 aromatic carbocycles. The maximum absolute atomic E-state index is 9.79. The first kappa shape index (κ1) is 13.9. The lowest BCUT2D eigenvalue weighted by Gasteiger charge is -2.28. The fraction of sp³-hybridized carbons (Fsp3) is 0.250. The molecule has 0 saturated carbocycles. The summed E-state index contributed by atoms with van der Waals surface area (Å²) in [6, 6.07) is 12.1. The number of hydrogen-bond acceptors (Lipinski definition) is 4. The molecule has 0 fully saturated rings. The average Bonchev–Trinajstić information content (AvgIpc) is 2.48. The van der Waals surface area contributed by atoms with E-state index in [1.807, 2.05) is 24.3 Å². The lowest BCUT2D eigenvalue weighted by molar-refractivity contribution is 0.240. The van der Waals surface area contributed by atoms with Crippen molar-refractivity contribution in [2.45, 2.75) is 19.5 Å². The summed E-state index contributed by atoms with van der Waals surface area (Å²) in [5.74, 6) is -0.275. The van der Waals surface area contributed by atoms with E-state index >= 15 is 0 Å². The van der Waals surface area contributed by atoms with Crippen LogP contribution in [-0.2, 0) is 19.5 Å². The lowest BCUT2D eigenvalue weighted by atomic mass is 10.0. The number of aromatic hydroxyl groups is 1. The third-order valence-corrected chi connectivity index (χ3v) is 4.13. The Bertz CT molecular complexity index is 710. The van der Waals surface area contributed by atoms with E-state index in [4.69, 9.17) is 16.9 Å². The smallest absolute Gasteiger partial charge is 0.231 e. The van der Waals surface area contributed by atoms with Crippen molar-refractivity contribution in [1.29, 1.82) is 5.26 Å². The molecule has 2 heterocycles. The maximum atomic E-state index is 9.79. The summed E-state index contributed by atoms with van der Waals surface area (Å²) >= 11 is 6.20. The Balaban J connectivity index is 1.85. The fourth-order valence-corrected chi connectivity index (χ4v) is 2.98. The molecule has 1 aromatic heterocycles. The van der Waals surface area contributed by atoms with Gasteiger partial charge in [-0.15, -0.1) is 0 Å². The van der Waals surface area contributed by atoms with Gasteiger partial charge in [0.05, 0.1) is 10.7 Å². The van der Waals surface area contributed by atoms with Crippen LogP contribution in [-0.4, -0.2) is 21.5 Å². The second-order valence-electron chi connectivity index (χ2n) is 5.11. The molecular formula is C16H14ClN3O. The Kier molecular flexibility index (Phi) is 3.78. The van der Waals surface area contributed by atoms with Gasteiger partial charge in [-0.3, -0.25) is 4.90 Å². The van der Waals surface area contributed by atoms with Gasteiger partial charge in [0.1, 0.15) is 11.6 Å². The molecule has 0 unspecified atom stereocenters. The second-order valence-corrected chi connectivity index (χ2v) is 5.49. The number of pyridine rings is 1. The fourth-order valence-electron chi connectivity index (χ4n) is 2.65. The number of nitrogens with zero attached hydrogens (tertiary/aromatic N) is 3. The van der Waals surface area contributed by atoms with E-state index in [1.54, 1.807) is 0 Å². The van der Waals surface area contributed by atoms with Crippen molar-refractivity contribution in [2.24, 2.45) is 0 Å². The molecule has 0 radical (unpaired) electrons. The summed E-state index contributed by atoms with van der Waals surface area (Å²) in [5.41, 5.74) is 2.96. The predicted molar refractivity (Wildman–Crippen MR) is 79.9 cm³/mol. The van der Waals surface area contributed by atoms with E-state index in [-0.39, 0.29) is 11.4 Å². The number of hydrogen-bond donors (Lipinski definition) is 1. The van der Waals surface area contributed by atoms with Crippen molar-refractivity contribution in [1.82, 2.24) is 9.88 Å². The summed E-state index contributed by atoms with van der Waals surface area (Å²) in [6.07, 6.45) is 0.739. The van der Waals surface area contributed by atoms with Gasteiger partial charge < -0.3 is 5.11 Å². The molecule has 2 aromatic rings. The quantitative estimate of drug-likeness (QED) is 0.926. The van der Waals surface area contributed by atoms with Crippen molar-refractivity contribution < 1.29 is 5.11 Å². The third kappa shape index (κ3) is 2.71. The summed E-state index contributed by atoms with van der Waals surface area (Å²) < 4.78 is 0. The van der Waals surface area contributed by atoms with E-state index in [9.17, 15) is 5.11 Å². The zero-order chi connectivity index (χ0) is 14.8. The highest BCUT2D eigenvalue weighted by atomic mass is 35.5. The summed E-state index contributed by atoms with van der Waals surface area (Å²) in [5, 5.41) is 19.1. The minimum absolute atomic E-state index is 0.0759. The Hall–Kier alpha value is -2.09. The third-order valence-electron chi connectivity index (χ3n) is 3.71. The van der Waals surface area contributed by atoms with E-state index < -0.39 is 0 Å². The van der Waals surface area contributed by atoms with Gasteiger partial charge in [0.25, 0.3) is 0 Å². The molecule has 0 aliphatic carbocycles. The van der Waals surface area contributed by atoms with E-state index in [0.717, 1.165) is 30.8 Å². The molecule has 0 bridgehead atoms. The van der Waals surface area contributed by atoms with Gasteiger partial charge >= 0.3 is 0 Å². The Morgan fingerprint density at radius 3 is 2.81 bits per heavy atom. The van der Waals surface area contributed by atoms with Crippen LogP contribution in [0.25, 0.3) is 0 Å². The molecule has 0 saturated heterocycles. The van der Waals surface area contributed by atoms with Crippen LogP contribution in [0.2, 0.25) is 5.02 Å². The van der Waals surface area contributed by atoms with Crippen LogP contribution in [0.5, 0.6) is 5.88 Å². The zero-order valence-electron chi connectivity index (χ0n) is 11.4. The lowest BCUT2D eigenvalue weighted by Crippen LogP contribution is -2.31. The van der Waals surface area contributed by atoms with Crippen LogP contribution in [0.1, 0.15) is 22.4 Å². The van der Waals surface area contributed by atoms with Crippen molar-refractivity contribution in [3.8, 4) is 11.9 Å². The minimum Gasteiger partial charge on any atom is -0.492 e. The number of rotatable bonds is 2. The predicted octanol–water partition coefficient (Wildman–Crippen LogP) is 2.87.